The molecule has 1 aliphatic heterocycles. The lowest BCUT2D eigenvalue weighted by Gasteiger charge is -2.33. The molecule has 1 unspecified atom stereocenters. The van der Waals surface area contributed by atoms with Crippen molar-refractivity contribution in [3.05, 3.63) is 41.4 Å². The molecule has 1 saturated heterocycles. The van der Waals surface area contributed by atoms with Crippen molar-refractivity contribution in [3.8, 4) is 0 Å². The molecule has 3 rings (SSSR count). The molecule has 2 aromatic carbocycles. The zero-order chi connectivity index (χ0) is 17.1. The third-order valence-corrected chi connectivity index (χ3v) is 5.68. The van der Waals surface area contributed by atoms with Gasteiger partial charge in [-0.15, -0.1) is 11.8 Å². The number of rotatable bonds is 4. The maximum absolute atomic E-state index is 12.6. The van der Waals surface area contributed by atoms with Crippen LogP contribution >= 0.6 is 23.4 Å². The fourth-order valence-corrected chi connectivity index (χ4v) is 4.46. The Kier molecular flexibility index (Phi) is 5.31. The lowest BCUT2D eigenvalue weighted by atomic mass is 10.0. The number of carbonyl (C=O) groups is 2. The first kappa shape index (κ1) is 17.1. The van der Waals surface area contributed by atoms with E-state index in [-0.39, 0.29) is 11.7 Å². The molecule has 2 N–H and O–H groups in total. The molecule has 6 heteroatoms. The number of nitrogens with zero attached hydrogens (tertiary/aromatic N) is 1. The van der Waals surface area contributed by atoms with Crippen molar-refractivity contribution in [1.29, 1.82) is 0 Å². The molecule has 0 radical (unpaired) electrons. The average Bonchev–Trinajstić information content (AvgIpc) is 2.59. The first-order valence-corrected chi connectivity index (χ1v) is 9.33. The van der Waals surface area contributed by atoms with Crippen LogP contribution < -0.4 is 5.73 Å². The van der Waals surface area contributed by atoms with Crippen molar-refractivity contribution in [1.82, 2.24) is 4.90 Å². The van der Waals surface area contributed by atoms with Crippen LogP contribution in [0.5, 0.6) is 0 Å². The summed E-state index contributed by atoms with van der Waals surface area (Å²) in [6, 6.07) is 11.2. The second kappa shape index (κ2) is 7.45. The molecule has 0 saturated carbocycles. The van der Waals surface area contributed by atoms with E-state index >= 15 is 0 Å². The molecule has 24 heavy (non-hydrogen) atoms. The van der Waals surface area contributed by atoms with Gasteiger partial charge in [-0.2, -0.15) is 0 Å². The molecule has 2 amide bonds. The van der Waals surface area contributed by atoms with Gasteiger partial charge in [-0.3, -0.25) is 9.59 Å². The molecule has 1 aliphatic rings. The number of likely N-dealkylation sites (tertiary alicyclic amines) is 1. The van der Waals surface area contributed by atoms with E-state index in [4.69, 9.17) is 17.3 Å². The van der Waals surface area contributed by atoms with Crippen LogP contribution in [0, 0.1) is 0 Å². The Bertz CT molecular complexity index is 775. The minimum absolute atomic E-state index is 0.0486. The maximum atomic E-state index is 12.6. The Hall–Kier alpha value is -1.72. The zero-order valence-corrected chi connectivity index (χ0v) is 14.8. The summed E-state index contributed by atoms with van der Waals surface area (Å²) in [6.45, 7) is 0.600. The monoisotopic (exact) mass is 362 g/mol. The van der Waals surface area contributed by atoms with Crippen LogP contribution in [0.15, 0.2) is 41.3 Å². The number of halogens is 1. The van der Waals surface area contributed by atoms with Crippen LogP contribution in [0.1, 0.15) is 19.3 Å². The van der Waals surface area contributed by atoms with E-state index < -0.39 is 11.9 Å². The normalized spacial score (nSPS) is 17.9. The number of nitrogens with two attached hydrogens (primary N) is 1. The summed E-state index contributed by atoms with van der Waals surface area (Å²) in [4.78, 5) is 26.7. The predicted molar refractivity (Wildman–Crippen MR) is 98.2 cm³/mol. The highest BCUT2D eigenvalue weighted by atomic mass is 35.5. The van der Waals surface area contributed by atoms with Gasteiger partial charge in [-0.1, -0.05) is 35.9 Å². The highest BCUT2D eigenvalue weighted by molar-refractivity contribution is 8.00. The highest BCUT2D eigenvalue weighted by Gasteiger charge is 2.30. The fraction of sp³-hybridized carbons (Fsp3) is 0.333. The molecule has 1 atom stereocenters. The number of amides is 2. The predicted octanol–water partition coefficient (Wildman–Crippen LogP) is 3.45. The Morgan fingerprint density at radius 1 is 1.21 bits per heavy atom. The number of hydrogen-bond donors (Lipinski definition) is 1. The van der Waals surface area contributed by atoms with E-state index in [9.17, 15) is 9.59 Å². The number of hydrogen-bond acceptors (Lipinski definition) is 3. The van der Waals surface area contributed by atoms with Gasteiger partial charge >= 0.3 is 0 Å². The molecule has 1 fully saturated rings. The van der Waals surface area contributed by atoms with E-state index in [1.165, 1.54) is 11.8 Å². The average molecular weight is 363 g/mol. The summed E-state index contributed by atoms with van der Waals surface area (Å²) in [5.74, 6) is -0.192. The number of thioether (sulfide) groups is 1. The van der Waals surface area contributed by atoms with Crippen LogP contribution in [0.3, 0.4) is 0 Å². The molecule has 0 aromatic heterocycles. The van der Waals surface area contributed by atoms with E-state index in [2.05, 4.69) is 0 Å². The Morgan fingerprint density at radius 2 is 1.96 bits per heavy atom. The largest absolute Gasteiger partial charge is 0.368 e. The molecule has 0 spiro atoms. The Morgan fingerprint density at radius 3 is 2.71 bits per heavy atom. The second-order valence-corrected chi connectivity index (χ2v) is 7.31. The van der Waals surface area contributed by atoms with Gasteiger partial charge in [0.2, 0.25) is 11.8 Å². The van der Waals surface area contributed by atoms with Gasteiger partial charge < -0.3 is 10.6 Å². The van der Waals surface area contributed by atoms with Crippen LogP contribution in [0.2, 0.25) is 5.02 Å². The summed E-state index contributed by atoms with van der Waals surface area (Å²) in [6.07, 6.45) is 2.51. The highest BCUT2D eigenvalue weighted by Crippen LogP contribution is 2.33. The van der Waals surface area contributed by atoms with Crippen molar-refractivity contribution >= 4 is 45.9 Å². The van der Waals surface area contributed by atoms with Crippen LogP contribution in [0.25, 0.3) is 10.8 Å². The van der Waals surface area contributed by atoms with Gasteiger partial charge in [0.15, 0.2) is 0 Å². The zero-order valence-electron chi connectivity index (χ0n) is 13.2. The van der Waals surface area contributed by atoms with Crippen molar-refractivity contribution in [3.63, 3.8) is 0 Å². The standard InChI is InChI=1S/C18H19ClN2O2S/c19-13-7-3-5-12-6-4-9-15(17(12)13)24-11-16(22)21-10-2-1-8-14(21)18(20)23/h3-7,9,14H,1-2,8,10-11H2,(H2,20,23). The van der Waals surface area contributed by atoms with Gasteiger partial charge in [0.05, 0.1) is 5.75 Å². The van der Waals surface area contributed by atoms with Gasteiger partial charge in [-0.05, 0) is 36.8 Å². The van der Waals surface area contributed by atoms with Crippen LogP contribution in [-0.4, -0.2) is 35.1 Å². The van der Waals surface area contributed by atoms with E-state index in [0.717, 1.165) is 28.5 Å². The van der Waals surface area contributed by atoms with E-state index in [1.54, 1.807) is 4.90 Å². The topological polar surface area (TPSA) is 63.4 Å². The van der Waals surface area contributed by atoms with Gasteiger partial charge in [0, 0.05) is 21.8 Å². The van der Waals surface area contributed by atoms with Crippen molar-refractivity contribution in [2.45, 2.75) is 30.2 Å². The van der Waals surface area contributed by atoms with Gasteiger partial charge in [-0.25, -0.2) is 0 Å². The Balaban J connectivity index is 1.76. The third kappa shape index (κ3) is 3.52. The van der Waals surface area contributed by atoms with E-state index in [0.29, 0.717) is 18.0 Å². The number of piperidine rings is 1. The molecular weight excluding hydrogens is 344 g/mol. The van der Waals surface area contributed by atoms with Gasteiger partial charge in [0.25, 0.3) is 0 Å². The molecule has 126 valence electrons. The summed E-state index contributed by atoms with van der Waals surface area (Å²) >= 11 is 7.77. The first-order chi connectivity index (χ1) is 11.6. The second-order valence-electron chi connectivity index (χ2n) is 5.88. The maximum Gasteiger partial charge on any atom is 0.240 e. The third-order valence-electron chi connectivity index (χ3n) is 4.32. The fourth-order valence-electron chi connectivity index (χ4n) is 3.13. The van der Waals surface area contributed by atoms with Crippen molar-refractivity contribution < 1.29 is 9.59 Å². The molecule has 0 aliphatic carbocycles. The van der Waals surface area contributed by atoms with E-state index in [1.807, 2.05) is 36.4 Å². The number of primary amides is 1. The quantitative estimate of drug-likeness (QED) is 0.847. The summed E-state index contributed by atoms with van der Waals surface area (Å²) in [5, 5.41) is 2.69. The van der Waals surface area contributed by atoms with Crippen LogP contribution in [-0.2, 0) is 9.59 Å². The SMILES string of the molecule is NC(=O)C1CCCCN1C(=O)CSc1cccc2cccc(Cl)c12. The number of fused-ring (bicyclic) bond motifs is 1. The minimum Gasteiger partial charge on any atom is -0.368 e. The molecule has 0 bridgehead atoms. The number of carbonyl (C=O) groups excluding carboxylic acids is 2. The van der Waals surface area contributed by atoms with Crippen LogP contribution in [0.4, 0.5) is 0 Å². The lowest BCUT2D eigenvalue weighted by molar-refractivity contribution is -0.138. The smallest absolute Gasteiger partial charge is 0.240 e. The summed E-state index contributed by atoms with van der Waals surface area (Å²) in [7, 11) is 0. The summed E-state index contributed by atoms with van der Waals surface area (Å²) < 4.78 is 0. The molecule has 1 heterocycles. The first-order valence-electron chi connectivity index (χ1n) is 7.97. The molecule has 2 aromatic rings. The number of benzene rings is 2. The van der Waals surface area contributed by atoms with Crippen molar-refractivity contribution in [2.75, 3.05) is 12.3 Å². The minimum atomic E-state index is -0.469. The van der Waals surface area contributed by atoms with Gasteiger partial charge in [0.1, 0.15) is 6.04 Å². The molecule has 4 nitrogen and oxygen atoms in total. The summed E-state index contributed by atoms with van der Waals surface area (Å²) in [5.41, 5.74) is 5.44. The van der Waals surface area contributed by atoms with Crippen molar-refractivity contribution in [2.24, 2.45) is 5.73 Å². The Labute approximate surface area is 150 Å². The lowest BCUT2D eigenvalue weighted by Crippen LogP contribution is -2.51. The molecular formula is C18H19ClN2O2S.